The molecule has 0 aliphatic heterocycles. The number of benzene rings is 5. The molecule has 1 heterocycles. The quantitative estimate of drug-likeness (QED) is 0.0136. The number of H-pyrrole nitrogens is 1. The van der Waals surface area contributed by atoms with Gasteiger partial charge in [0.15, 0.2) is 0 Å². The molecule has 0 saturated carbocycles. The number of unbranched alkanes of at least 4 members (excludes halogenated alkanes) is 1. The lowest BCUT2D eigenvalue weighted by atomic mass is 9.99. The third kappa shape index (κ3) is 27.7. The summed E-state index contributed by atoms with van der Waals surface area (Å²) in [6, 6.07) is 16.7. The van der Waals surface area contributed by atoms with Gasteiger partial charge in [-0.3, -0.25) is 57.5 Å². The number of fused-ring (bicyclic) bond motifs is 1. The predicted molar refractivity (Wildman–Crippen MR) is 404 cm³/mol. The van der Waals surface area contributed by atoms with Gasteiger partial charge in [0.05, 0.1) is 31.3 Å². The number of carbonyl (C=O) groups is 13. The molecule has 14 atom stereocenters. The number of hydrogen-bond donors (Lipinski definition) is 21. The largest absolute Gasteiger partial charge is 0.480 e. The average Bonchev–Trinajstić information content (AvgIpc) is 1.73. The van der Waals surface area contributed by atoms with E-state index in [1.807, 2.05) is 0 Å². The molecule has 22 N–H and O–H groups in total. The van der Waals surface area contributed by atoms with E-state index in [4.69, 9.17) is 17.2 Å². The Balaban J connectivity index is 1.33. The zero-order chi connectivity index (χ0) is 79.9. The van der Waals surface area contributed by atoms with Crippen LogP contribution in [0.25, 0.3) is 10.9 Å². The van der Waals surface area contributed by atoms with Crippen molar-refractivity contribution in [3.8, 4) is 0 Å². The highest BCUT2D eigenvalue weighted by atomic mass is 32.1. The van der Waals surface area contributed by atoms with Crippen molar-refractivity contribution in [1.82, 2.24) is 63.5 Å². The Morgan fingerprint density at radius 1 is 0.431 bits per heavy atom. The predicted octanol–water partition coefficient (Wildman–Crippen LogP) is -2.82. The van der Waals surface area contributed by atoms with Crippen LogP contribution in [0.1, 0.15) is 67.3 Å². The summed E-state index contributed by atoms with van der Waals surface area (Å²) < 4.78 is 14.5. The number of aliphatic carboxylic acids is 1. The summed E-state index contributed by atoms with van der Waals surface area (Å²) in [5.74, 6) is -15.3. The second-order valence-corrected chi connectivity index (χ2v) is 26.6. The highest BCUT2D eigenvalue weighted by Gasteiger charge is 2.39. The smallest absolute Gasteiger partial charge is 0.327 e. The van der Waals surface area contributed by atoms with Crippen LogP contribution < -0.4 is 75.7 Å². The van der Waals surface area contributed by atoms with Crippen LogP contribution in [0.2, 0.25) is 0 Å². The molecule has 0 aliphatic carbocycles. The number of thiol groups is 2. The molecule has 35 heteroatoms. The van der Waals surface area contributed by atoms with Gasteiger partial charge < -0.3 is 101 Å². The van der Waals surface area contributed by atoms with Gasteiger partial charge in [0.1, 0.15) is 72.3 Å². The van der Waals surface area contributed by atoms with E-state index in [1.165, 1.54) is 12.1 Å². The van der Waals surface area contributed by atoms with Crippen molar-refractivity contribution in [2.45, 2.75) is 156 Å². The maximum Gasteiger partial charge on any atom is 0.327 e. The van der Waals surface area contributed by atoms with E-state index < -0.39 is 187 Å². The molecule has 12 amide bonds. The lowest BCUT2D eigenvalue weighted by Crippen LogP contribution is -2.63. The molecule has 0 unspecified atom stereocenters. The Labute approximate surface area is 638 Å². The maximum absolute atomic E-state index is 15.4. The minimum atomic E-state index is -1.98. The lowest BCUT2D eigenvalue weighted by molar-refractivity contribution is -0.142. The molecule has 6 aromatic rings. The second-order valence-electron chi connectivity index (χ2n) is 25.9. The normalized spacial score (nSPS) is 15.0. The van der Waals surface area contributed by atoms with Crippen molar-refractivity contribution in [3.63, 3.8) is 0 Å². The molecule has 1 aromatic heterocycles. The van der Waals surface area contributed by atoms with Crippen LogP contribution in [0.3, 0.4) is 0 Å². The molecule has 0 fully saturated rings. The van der Waals surface area contributed by atoms with Gasteiger partial charge in [0.2, 0.25) is 70.9 Å². The van der Waals surface area contributed by atoms with E-state index in [9.17, 15) is 68.0 Å². The monoisotopic (exact) mass is 1550 g/mol. The Morgan fingerprint density at radius 3 is 1.20 bits per heavy atom. The zero-order valence-corrected chi connectivity index (χ0v) is 61.5. The van der Waals surface area contributed by atoms with Crippen LogP contribution in [-0.2, 0) is 94.4 Å². The molecule has 109 heavy (non-hydrogen) atoms. The van der Waals surface area contributed by atoms with Crippen LogP contribution in [0.5, 0.6) is 0 Å². The van der Waals surface area contributed by atoms with Crippen LogP contribution in [0, 0.1) is 5.82 Å². The summed E-state index contributed by atoms with van der Waals surface area (Å²) in [6.45, 7) is 1.40. The summed E-state index contributed by atoms with van der Waals surface area (Å²) in [6.07, 6.45) is -3.51. The highest BCUT2D eigenvalue weighted by Crippen LogP contribution is 2.21. The van der Waals surface area contributed by atoms with Crippen molar-refractivity contribution in [1.29, 1.82) is 0 Å². The van der Waals surface area contributed by atoms with E-state index in [0.29, 0.717) is 46.0 Å². The van der Waals surface area contributed by atoms with E-state index >= 15 is 19.2 Å². The first-order valence-corrected chi connectivity index (χ1v) is 36.2. The molecule has 586 valence electrons. The Bertz CT molecular complexity index is 4080. The molecule has 32 nitrogen and oxygen atoms in total. The number of aromatic nitrogens is 1. The number of nitrogens with two attached hydrogens (primary N) is 3. The first-order chi connectivity index (χ1) is 52.0. The van der Waals surface area contributed by atoms with Crippen molar-refractivity contribution in [2.75, 3.05) is 24.7 Å². The van der Waals surface area contributed by atoms with Gasteiger partial charge >= 0.3 is 5.97 Å². The third-order valence-corrected chi connectivity index (χ3v) is 18.1. The minimum Gasteiger partial charge on any atom is -0.480 e. The fourth-order valence-electron chi connectivity index (χ4n) is 11.4. The van der Waals surface area contributed by atoms with Gasteiger partial charge in [0.25, 0.3) is 0 Å². The molecule has 0 radical (unpaired) electrons. The first kappa shape index (κ1) is 87.1. The van der Waals surface area contributed by atoms with Gasteiger partial charge in [-0.2, -0.15) is 25.3 Å². The number of carboxylic acids is 1. The Kier molecular flexibility index (Phi) is 35.0. The number of aliphatic hydroxyl groups is 3. The number of halogens is 1. The molecule has 0 saturated heterocycles. The molecule has 6 rings (SSSR count). The van der Waals surface area contributed by atoms with E-state index in [0.717, 1.165) is 26.0 Å². The van der Waals surface area contributed by atoms with Gasteiger partial charge in [0, 0.05) is 60.7 Å². The number of hydrogen-bond acceptors (Lipinski definition) is 20. The summed E-state index contributed by atoms with van der Waals surface area (Å²) in [7, 11) is 0. The van der Waals surface area contributed by atoms with Crippen molar-refractivity contribution < 1.29 is 87.1 Å². The topological polar surface area (TPSA) is 529 Å². The van der Waals surface area contributed by atoms with Crippen LogP contribution in [-0.4, -0.2) is 212 Å². The van der Waals surface area contributed by atoms with Crippen LogP contribution >= 0.6 is 25.3 Å². The Morgan fingerprint density at radius 2 is 0.789 bits per heavy atom. The SMILES string of the molecule is C[C@@H](O)[C@H](NC(=O)[C@H](Cc1ccccc1)NC(=O)[C@@H](NC(=O)[C@H](Cc1ccc(F)cc1)NC(=O)[C@@H](Cc1c[nH]c2ccccc12)NC(=O)[C@H](Cc1ccccc1)NC(=O)[C@H](Cc1ccccc1)NC(=O)[C@H](CC(N)=O)NC(=O)[C@H](CCCCN)NC(=O)[C@@H](N)CS)[C@@H](C)O)C(=O)N[C@@H](CO)C(=O)N[C@@H](CS)C(=O)O. The number of para-hydroxylation sites is 1. The zero-order valence-electron chi connectivity index (χ0n) is 59.7. The second kappa shape index (κ2) is 43.9. The molecular weight excluding hydrogens is 1450 g/mol. The number of rotatable bonds is 44. The van der Waals surface area contributed by atoms with Gasteiger partial charge in [-0.25, -0.2) is 9.18 Å². The number of carboxylic acid groups (broad SMARTS) is 1. The summed E-state index contributed by atoms with van der Waals surface area (Å²) >= 11 is 7.97. The van der Waals surface area contributed by atoms with Crippen molar-refractivity contribution in [2.24, 2.45) is 17.2 Å². The highest BCUT2D eigenvalue weighted by molar-refractivity contribution is 7.80. The maximum atomic E-state index is 15.4. The lowest BCUT2D eigenvalue weighted by Gasteiger charge is -2.29. The third-order valence-electron chi connectivity index (χ3n) is 17.4. The molecule has 0 bridgehead atoms. The van der Waals surface area contributed by atoms with E-state index in [1.54, 1.807) is 121 Å². The fraction of sp³-hybridized carbons (Fsp3) is 0.392. The molecule has 0 spiro atoms. The Hall–Kier alpha value is -10.8. The van der Waals surface area contributed by atoms with Crippen molar-refractivity contribution in [3.05, 3.63) is 179 Å². The summed E-state index contributed by atoms with van der Waals surface area (Å²) in [4.78, 5) is 185. The number of primary amides is 1. The van der Waals surface area contributed by atoms with Crippen LogP contribution in [0.15, 0.2) is 146 Å². The number of amides is 12. The first-order valence-electron chi connectivity index (χ1n) is 34.9. The number of carbonyl (C=O) groups excluding carboxylic acids is 12. The minimum absolute atomic E-state index is 0.0367. The summed E-state index contributed by atoms with van der Waals surface area (Å²) in [5.41, 5.74) is 19.9. The fourth-order valence-corrected chi connectivity index (χ4v) is 11.8. The van der Waals surface area contributed by atoms with Gasteiger partial charge in [-0.05, 0) is 85.7 Å². The van der Waals surface area contributed by atoms with Gasteiger partial charge in [-0.15, -0.1) is 0 Å². The number of aromatic amines is 1. The van der Waals surface area contributed by atoms with Crippen molar-refractivity contribution >= 4 is 113 Å². The van der Waals surface area contributed by atoms with Crippen LogP contribution in [0.4, 0.5) is 4.39 Å². The number of nitrogens with one attached hydrogen (secondary N) is 12. The molecule has 5 aromatic carbocycles. The summed E-state index contributed by atoms with van der Waals surface area (Å²) in [5, 5.41) is 69.5. The standard InChI is InChI=1S/C74H94FN15O17S2/c1-40(92)61(72(104)86-55(32-44-20-10-5-11-21-44)70(102)90-62(41(2)93)73(105)87-58(37-91)71(103)88-59(39-109)74(106)107)89-69(101)54(33-45-25-27-47(75)28-26-45)83-67(99)56(34-46-36-79-50-23-13-12-22-48(46)50)84-66(98)53(31-43-18-8-4-9-19-43)81-65(97)52(30-42-16-6-3-7-17-42)82-68(100)57(35-60(78)94)85-64(96)51(24-14-15-29-76)80-63(95)49(77)38-108/h3-13,16-23,25-28,36,40-41,49,51-59,61-62,79,91-93,108-109H,14-15,24,29-35,37-39,76-77H2,1-2H3,(H2,78,94)(H,80,95)(H,81,97)(H,82,100)(H,83,99)(H,84,98)(H,85,96)(H,86,104)(H,87,105)(H,88,103)(H,89,101)(H,90,102)(H,106,107)/t40-,41-,49+,51+,52+,53+,54+,55+,56-,57+,58+,59+,61+,62+/m1/s1. The molecular formula is C74H94FN15O17S2. The number of aliphatic hydroxyl groups excluding tert-OH is 3. The average molecular weight is 1550 g/mol. The van der Waals surface area contributed by atoms with Gasteiger partial charge in [-0.1, -0.05) is 121 Å². The molecule has 0 aliphatic rings. The van der Waals surface area contributed by atoms with E-state index in [-0.39, 0.29) is 55.7 Å². The van der Waals surface area contributed by atoms with E-state index in [2.05, 4.69) is 88.7 Å².